The molecule has 0 atom stereocenters. The molecular formula is C12H11BrN2O2. The highest BCUT2D eigenvalue weighted by molar-refractivity contribution is 9.10. The largest absolute Gasteiger partial charge is 0.464 e. The number of aromatic nitrogens is 2. The van der Waals surface area contributed by atoms with Crippen molar-refractivity contribution < 1.29 is 9.53 Å². The molecule has 0 aliphatic carbocycles. The van der Waals surface area contributed by atoms with Crippen molar-refractivity contribution in [2.45, 2.75) is 6.92 Å². The van der Waals surface area contributed by atoms with E-state index in [9.17, 15) is 4.79 Å². The maximum absolute atomic E-state index is 11.4. The molecule has 0 aliphatic heterocycles. The lowest BCUT2D eigenvalue weighted by Crippen LogP contribution is -2.03. The second-order valence-electron chi connectivity index (χ2n) is 3.57. The van der Waals surface area contributed by atoms with Gasteiger partial charge in [0, 0.05) is 15.6 Å². The minimum absolute atomic E-state index is 0.391. The molecule has 2 aromatic rings. The van der Waals surface area contributed by atoms with E-state index in [1.807, 2.05) is 31.2 Å². The summed E-state index contributed by atoms with van der Waals surface area (Å²) in [5, 5.41) is 6.85. The Balaban J connectivity index is 2.48. The van der Waals surface area contributed by atoms with Gasteiger partial charge in [-0.15, -0.1) is 0 Å². The van der Waals surface area contributed by atoms with E-state index in [-0.39, 0.29) is 0 Å². The molecule has 0 radical (unpaired) electrons. The van der Waals surface area contributed by atoms with Gasteiger partial charge in [0.25, 0.3) is 0 Å². The van der Waals surface area contributed by atoms with Crippen molar-refractivity contribution in [1.82, 2.24) is 10.2 Å². The Kier molecular flexibility index (Phi) is 3.28. The average molecular weight is 295 g/mol. The van der Waals surface area contributed by atoms with E-state index < -0.39 is 5.97 Å². The van der Waals surface area contributed by atoms with Crippen LogP contribution < -0.4 is 0 Å². The van der Waals surface area contributed by atoms with E-state index >= 15 is 0 Å². The molecule has 5 heteroatoms. The van der Waals surface area contributed by atoms with Gasteiger partial charge >= 0.3 is 5.97 Å². The number of benzene rings is 1. The van der Waals surface area contributed by atoms with Gasteiger partial charge in [-0.05, 0) is 19.1 Å². The van der Waals surface area contributed by atoms with Crippen LogP contribution in [-0.4, -0.2) is 23.3 Å². The van der Waals surface area contributed by atoms with Crippen LogP contribution in [0.3, 0.4) is 0 Å². The smallest absolute Gasteiger partial charge is 0.356 e. The summed E-state index contributed by atoms with van der Waals surface area (Å²) in [4.78, 5) is 11.4. The molecule has 0 unspecified atom stereocenters. The minimum Gasteiger partial charge on any atom is -0.464 e. The van der Waals surface area contributed by atoms with Crippen LogP contribution in [0.15, 0.2) is 28.7 Å². The molecule has 17 heavy (non-hydrogen) atoms. The number of nitrogens with one attached hydrogen (secondary N) is 1. The van der Waals surface area contributed by atoms with E-state index in [1.54, 1.807) is 0 Å². The first-order chi connectivity index (χ1) is 8.13. The fourth-order valence-corrected chi connectivity index (χ4v) is 2.01. The number of ether oxygens (including phenoxy) is 1. The predicted octanol–water partition coefficient (Wildman–Crippen LogP) is 2.93. The van der Waals surface area contributed by atoms with Crippen molar-refractivity contribution in [3.63, 3.8) is 0 Å². The third-order valence-electron chi connectivity index (χ3n) is 2.50. The number of nitrogens with zero attached hydrogens (tertiary/aromatic N) is 1. The van der Waals surface area contributed by atoms with Crippen LogP contribution in [0.1, 0.15) is 16.1 Å². The lowest BCUT2D eigenvalue weighted by Gasteiger charge is -2.00. The van der Waals surface area contributed by atoms with Gasteiger partial charge < -0.3 is 4.74 Å². The normalized spacial score (nSPS) is 10.3. The Morgan fingerprint density at radius 1 is 1.47 bits per heavy atom. The Morgan fingerprint density at radius 3 is 2.88 bits per heavy atom. The molecule has 0 fully saturated rings. The Labute approximate surface area is 107 Å². The number of hydrogen-bond acceptors (Lipinski definition) is 3. The average Bonchev–Trinajstić information content (AvgIpc) is 2.70. The van der Waals surface area contributed by atoms with Crippen molar-refractivity contribution in [3.05, 3.63) is 40.0 Å². The molecular weight excluding hydrogens is 284 g/mol. The molecule has 0 aliphatic rings. The molecule has 0 amide bonds. The molecule has 1 aromatic heterocycles. The molecule has 1 heterocycles. The van der Waals surface area contributed by atoms with Gasteiger partial charge in [-0.3, -0.25) is 5.10 Å². The van der Waals surface area contributed by atoms with E-state index in [4.69, 9.17) is 0 Å². The van der Waals surface area contributed by atoms with Crippen molar-refractivity contribution in [2.24, 2.45) is 0 Å². The monoisotopic (exact) mass is 294 g/mol. The summed E-state index contributed by atoms with van der Waals surface area (Å²) in [5.74, 6) is -0.406. The van der Waals surface area contributed by atoms with Crippen LogP contribution in [0, 0.1) is 6.92 Å². The number of hydrogen-bond donors (Lipinski definition) is 1. The second kappa shape index (κ2) is 4.71. The van der Waals surface area contributed by atoms with Crippen LogP contribution in [0.25, 0.3) is 11.3 Å². The zero-order valence-corrected chi connectivity index (χ0v) is 11.0. The van der Waals surface area contributed by atoms with Crippen molar-refractivity contribution >= 4 is 21.9 Å². The van der Waals surface area contributed by atoms with Crippen molar-refractivity contribution in [3.8, 4) is 11.3 Å². The van der Waals surface area contributed by atoms with Gasteiger partial charge in [-0.2, -0.15) is 5.10 Å². The molecule has 88 valence electrons. The van der Waals surface area contributed by atoms with Crippen LogP contribution in [-0.2, 0) is 4.74 Å². The molecule has 4 nitrogen and oxygen atoms in total. The lowest BCUT2D eigenvalue weighted by molar-refractivity contribution is 0.0593. The first-order valence-electron chi connectivity index (χ1n) is 5.02. The van der Waals surface area contributed by atoms with Crippen molar-refractivity contribution in [2.75, 3.05) is 7.11 Å². The maximum Gasteiger partial charge on any atom is 0.356 e. The van der Waals surface area contributed by atoms with E-state index in [0.717, 1.165) is 21.3 Å². The Hall–Kier alpha value is -1.62. The molecule has 0 saturated carbocycles. The summed E-state index contributed by atoms with van der Waals surface area (Å²) in [5.41, 5.74) is 2.88. The van der Waals surface area contributed by atoms with Gasteiger partial charge in [0.15, 0.2) is 0 Å². The molecule has 1 N–H and O–H groups in total. The highest BCUT2D eigenvalue weighted by Gasteiger charge is 2.17. The summed E-state index contributed by atoms with van der Waals surface area (Å²) in [6.45, 7) is 1.84. The standard InChI is InChI=1S/C12H11BrN2O2/c1-7-10(8-4-3-5-9(13)6-8)14-15-11(7)12(16)17-2/h3-6H,1-2H3,(H,14,15). The SMILES string of the molecule is COC(=O)c1[nH]nc(-c2cccc(Br)c2)c1C. The van der Waals surface area contributed by atoms with Gasteiger partial charge in [0.1, 0.15) is 5.69 Å². The summed E-state index contributed by atoms with van der Waals surface area (Å²) in [7, 11) is 1.35. The van der Waals surface area contributed by atoms with Crippen LogP contribution >= 0.6 is 15.9 Å². The molecule has 1 aromatic carbocycles. The summed E-state index contributed by atoms with van der Waals surface area (Å²) < 4.78 is 5.64. The highest BCUT2D eigenvalue weighted by atomic mass is 79.9. The van der Waals surface area contributed by atoms with Crippen molar-refractivity contribution in [1.29, 1.82) is 0 Å². The third kappa shape index (κ3) is 2.24. The lowest BCUT2D eigenvalue weighted by atomic mass is 10.1. The fraction of sp³-hybridized carbons (Fsp3) is 0.167. The number of halogens is 1. The molecule has 0 spiro atoms. The number of carbonyl (C=O) groups is 1. The first kappa shape index (κ1) is 11.9. The maximum atomic E-state index is 11.4. The zero-order valence-electron chi connectivity index (χ0n) is 9.45. The van der Waals surface area contributed by atoms with Gasteiger partial charge in [-0.25, -0.2) is 4.79 Å². The van der Waals surface area contributed by atoms with E-state index in [1.165, 1.54) is 7.11 Å². The number of H-pyrrole nitrogens is 1. The summed E-state index contributed by atoms with van der Waals surface area (Å²) >= 11 is 3.40. The van der Waals surface area contributed by atoms with Gasteiger partial charge in [-0.1, -0.05) is 28.1 Å². The summed E-state index contributed by atoms with van der Waals surface area (Å²) in [6, 6.07) is 7.75. The third-order valence-corrected chi connectivity index (χ3v) is 2.99. The summed E-state index contributed by atoms with van der Waals surface area (Å²) in [6.07, 6.45) is 0. The highest BCUT2D eigenvalue weighted by Crippen LogP contribution is 2.25. The number of aromatic amines is 1. The van der Waals surface area contributed by atoms with Crippen LogP contribution in [0.4, 0.5) is 0 Å². The number of esters is 1. The Bertz CT molecular complexity index is 563. The topological polar surface area (TPSA) is 55.0 Å². The van der Waals surface area contributed by atoms with Gasteiger partial charge in [0.2, 0.25) is 0 Å². The molecule has 0 saturated heterocycles. The Morgan fingerprint density at radius 2 is 2.24 bits per heavy atom. The van der Waals surface area contributed by atoms with E-state index in [0.29, 0.717) is 5.69 Å². The zero-order chi connectivity index (χ0) is 12.4. The predicted molar refractivity (Wildman–Crippen MR) is 67.8 cm³/mol. The van der Waals surface area contributed by atoms with Crippen LogP contribution in [0.5, 0.6) is 0 Å². The first-order valence-corrected chi connectivity index (χ1v) is 5.82. The van der Waals surface area contributed by atoms with E-state index in [2.05, 4.69) is 30.9 Å². The fourth-order valence-electron chi connectivity index (χ4n) is 1.62. The number of carbonyl (C=O) groups excluding carboxylic acids is 1. The van der Waals surface area contributed by atoms with Crippen LogP contribution in [0.2, 0.25) is 0 Å². The van der Waals surface area contributed by atoms with Gasteiger partial charge in [0.05, 0.1) is 12.8 Å². The number of methoxy groups -OCH3 is 1. The molecule has 0 bridgehead atoms. The number of rotatable bonds is 2. The minimum atomic E-state index is -0.406. The quantitative estimate of drug-likeness (QED) is 0.867. The molecule has 2 rings (SSSR count). The second-order valence-corrected chi connectivity index (χ2v) is 4.49.